The maximum Gasteiger partial charge on any atom is 0.433 e. The molecule has 0 saturated carbocycles. The topological polar surface area (TPSA) is 72.8 Å². The number of benzene rings is 1. The number of fused-ring (bicyclic) bond motifs is 1. The van der Waals surface area contributed by atoms with E-state index in [1.807, 2.05) is 30.3 Å². The molecule has 0 amide bonds. The van der Waals surface area contributed by atoms with Crippen LogP contribution in [0.2, 0.25) is 0 Å². The number of alkyl halides is 3. The summed E-state index contributed by atoms with van der Waals surface area (Å²) in [6.07, 6.45) is -0.865. The number of ether oxygens (including phenoxy) is 1. The molecule has 9 heteroatoms. The summed E-state index contributed by atoms with van der Waals surface area (Å²) in [7, 11) is 0. The van der Waals surface area contributed by atoms with Gasteiger partial charge in [-0.3, -0.25) is 9.97 Å². The number of nitrogens with one attached hydrogen (secondary N) is 1. The quantitative estimate of drug-likeness (QED) is 0.421. The lowest BCUT2D eigenvalue weighted by Crippen LogP contribution is -2.14. The Balaban J connectivity index is 1.41. The van der Waals surface area contributed by atoms with Crippen molar-refractivity contribution >= 4 is 16.7 Å². The molecule has 3 aromatic heterocycles. The van der Waals surface area contributed by atoms with Crippen molar-refractivity contribution < 1.29 is 17.9 Å². The highest BCUT2D eigenvalue weighted by atomic mass is 19.4. The minimum atomic E-state index is -4.59. The molecule has 31 heavy (non-hydrogen) atoms. The SMILES string of the molecule is FC(F)(F)c1cc(NCCCOc2cccc3cccnc23)nc(-c2ccccn2)n1. The van der Waals surface area contributed by atoms with Crippen LogP contribution in [0.5, 0.6) is 5.75 Å². The Bertz CT molecular complexity index is 1160. The number of aromatic nitrogens is 4. The maximum atomic E-state index is 13.3. The van der Waals surface area contributed by atoms with Gasteiger partial charge in [-0.25, -0.2) is 9.97 Å². The summed E-state index contributed by atoms with van der Waals surface area (Å²) in [5.41, 5.74) is 0.00996. The molecule has 3 heterocycles. The van der Waals surface area contributed by atoms with Crippen LogP contribution >= 0.6 is 0 Å². The van der Waals surface area contributed by atoms with Gasteiger partial charge in [0.1, 0.15) is 22.8 Å². The van der Waals surface area contributed by atoms with Crippen molar-refractivity contribution in [3.63, 3.8) is 0 Å². The van der Waals surface area contributed by atoms with Gasteiger partial charge in [-0.1, -0.05) is 24.3 Å². The molecule has 0 unspecified atom stereocenters. The molecule has 4 rings (SSSR count). The number of hydrogen-bond donors (Lipinski definition) is 1. The van der Waals surface area contributed by atoms with E-state index in [0.29, 0.717) is 25.3 Å². The Morgan fingerprint density at radius 1 is 0.903 bits per heavy atom. The summed E-state index contributed by atoms with van der Waals surface area (Å²) in [6, 6.07) is 15.3. The first-order valence-electron chi connectivity index (χ1n) is 9.59. The van der Waals surface area contributed by atoms with Crippen LogP contribution < -0.4 is 10.1 Å². The van der Waals surface area contributed by atoms with E-state index in [4.69, 9.17) is 4.74 Å². The van der Waals surface area contributed by atoms with Gasteiger partial charge in [0.25, 0.3) is 0 Å². The van der Waals surface area contributed by atoms with E-state index < -0.39 is 11.9 Å². The molecular formula is C22H18F3N5O. The fourth-order valence-electron chi connectivity index (χ4n) is 2.96. The van der Waals surface area contributed by atoms with Crippen LogP contribution in [0.25, 0.3) is 22.4 Å². The Kier molecular flexibility index (Phi) is 5.92. The molecule has 0 radical (unpaired) electrons. The summed E-state index contributed by atoms with van der Waals surface area (Å²) in [6.45, 7) is 0.737. The number of para-hydroxylation sites is 1. The zero-order chi connectivity index (χ0) is 21.7. The van der Waals surface area contributed by atoms with Gasteiger partial charge < -0.3 is 10.1 Å². The Morgan fingerprint density at radius 3 is 2.55 bits per heavy atom. The second-order valence-corrected chi connectivity index (χ2v) is 6.63. The zero-order valence-corrected chi connectivity index (χ0v) is 16.3. The van der Waals surface area contributed by atoms with E-state index in [-0.39, 0.29) is 17.3 Å². The Morgan fingerprint density at radius 2 is 1.74 bits per heavy atom. The third-order valence-corrected chi connectivity index (χ3v) is 4.39. The van der Waals surface area contributed by atoms with Crippen LogP contribution in [0.1, 0.15) is 12.1 Å². The molecule has 0 spiro atoms. The van der Waals surface area contributed by atoms with Gasteiger partial charge in [-0.2, -0.15) is 13.2 Å². The molecule has 0 saturated heterocycles. The molecular weight excluding hydrogens is 407 g/mol. The Hall–Kier alpha value is -3.75. The fourth-order valence-corrected chi connectivity index (χ4v) is 2.96. The molecule has 4 aromatic rings. The van der Waals surface area contributed by atoms with Crippen LogP contribution in [0.4, 0.5) is 19.0 Å². The highest BCUT2D eigenvalue weighted by Crippen LogP contribution is 2.30. The third kappa shape index (κ3) is 5.06. The first kappa shape index (κ1) is 20.5. The smallest absolute Gasteiger partial charge is 0.433 e. The van der Waals surface area contributed by atoms with E-state index in [1.165, 1.54) is 6.20 Å². The predicted molar refractivity (Wildman–Crippen MR) is 111 cm³/mol. The maximum absolute atomic E-state index is 13.3. The lowest BCUT2D eigenvalue weighted by Gasteiger charge is -2.12. The molecule has 6 nitrogen and oxygen atoms in total. The largest absolute Gasteiger partial charge is 0.491 e. The normalized spacial score (nSPS) is 11.5. The van der Waals surface area contributed by atoms with Crippen molar-refractivity contribution in [3.8, 4) is 17.3 Å². The molecule has 1 N–H and O–H groups in total. The first-order chi connectivity index (χ1) is 15.0. The molecule has 0 aliphatic carbocycles. The lowest BCUT2D eigenvalue weighted by atomic mass is 10.2. The standard InChI is InChI=1S/C22H18F3N5O/c23-22(24,25)18-14-19(30-21(29-18)16-8-1-2-10-26-16)27-12-5-13-31-17-9-3-6-15-7-4-11-28-20(15)17/h1-4,6-11,14H,5,12-13H2,(H,27,29,30). The lowest BCUT2D eigenvalue weighted by molar-refractivity contribution is -0.141. The first-order valence-corrected chi connectivity index (χ1v) is 9.59. The second kappa shape index (κ2) is 8.95. The van der Waals surface area contributed by atoms with E-state index in [0.717, 1.165) is 17.0 Å². The van der Waals surface area contributed by atoms with Gasteiger partial charge in [-0.15, -0.1) is 0 Å². The summed E-state index contributed by atoms with van der Waals surface area (Å²) in [4.78, 5) is 16.2. The van der Waals surface area contributed by atoms with Gasteiger partial charge in [0.15, 0.2) is 11.5 Å². The van der Waals surface area contributed by atoms with Crippen molar-refractivity contribution in [1.29, 1.82) is 0 Å². The number of halogens is 3. The van der Waals surface area contributed by atoms with Crippen molar-refractivity contribution in [2.24, 2.45) is 0 Å². The summed E-state index contributed by atoms with van der Waals surface area (Å²) in [5, 5.41) is 3.89. The minimum Gasteiger partial charge on any atom is -0.491 e. The molecule has 0 aliphatic rings. The minimum absolute atomic E-state index is 0.0785. The van der Waals surface area contributed by atoms with E-state index >= 15 is 0 Å². The molecule has 1 aromatic carbocycles. The van der Waals surface area contributed by atoms with Gasteiger partial charge >= 0.3 is 6.18 Å². The second-order valence-electron chi connectivity index (χ2n) is 6.63. The van der Waals surface area contributed by atoms with Gasteiger partial charge in [-0.05, 0) is 30.7 Å². The average molecular weight is 425 g/mol. The third-order valence-electron chi connectivity index (χ3n) is 4.39. The average Bonchev–Trinajstić information content (AvgIpc) is 2.79. The van der Waals surface area contributed by atoms with E-state index in [2.05, 4.69) is 25.3 Å². The highest BCUT2D eigenvalue weighted by Gasteiger charge is 2.34. The molecule has 0 aliphatic heterocycles. The monoisotopic (exact) mass is 425 g/mol. The molecule has 0 bridgehead atoms. The van der Waals surface area contributed by atoms with Crippen LogP contribution in [0.3, 0.4) is 0 Å². The van der Waals surface area contributed by atoms with E-state index in [9.17, 15) is 13.2 Å². The number of nitrogens with zero attached hydrogens (tertiary/aromatic N) is 4. The van der Waals surface area contributed by atoms with E-state index in [1.54, 1.807) is 24.4 Å². The van der Waals surface area contributed by atoms with Gasteiger partial charge in [0, 0.05) is 30.4 Å². The number of pyridine rings is 2. The molecule has 158 valence electrons. The van der Waals surface area contributed by atoms with Crippen molar-refractivity contribution in [1.82, 2.24) is 19.9 Å². The highest BCUT2D eigenvalue weighted by molar-refractivity contribution is 5.84. The Labute approximate surface area is 176 Å². The van der Waals surface area contributed by atoms with Crippen LogP contribution in [-0.4, -0.2) is 33.1 Å². The summed E-state index contributed by atoms with van der Waals surface area (Å²) < 4.78 is 45.6. The molecule has 0 atom stereocenters. The van der Waals surface area contributed by atoms with Crippen LogP contribution in [0, 0.1) is 0 Å². The van der Waals surface area contributed by atoms with Crippen molar-refractivity contribution in [2.45, 2.75) is 12.6 Å². The van der Waals surface area contributed by atoms with Crippen LogP contribution in [-0.2, 0) is 6.18 Å². The number of hydrogen-bond acceptors (Lipinski definition) is 6. The van der Waals surface area contributed by atoms with Crippen molar-refractivity contribution in [3.05, 3.63) is 72.7 Å². The number of rotatable bonds is 7. The predicted octanol–water partition coefficient (Wildman–Crippen LogP) is 4.99. The fraction of sp³-hybridized carbons (Fsp3) is 0.182. The zero-order valence-electron chi connectivity index (χ0n) is 16.3. The van der Waals surface area contributed by atoms with Crippen LogP contribution in [0.15, 0.2) is 67.0 Å². The summed E-state index contributed by atoms with van der Waals surface area (Å²) >= 11 is 0. The van der Waals surface area contributed by atoms with Gasteiger partial charge in [0.05, 0.1) is 6.61 Å². The van der Waals surface area contributed by atoms with Crippen molar-refractivity contribution in [2.75, 3.05) is 18.5 Å². The van der Waals surface area contributed by atoms with Gasteiger partial charge in [0.2, 0.25) is 0 Å². The summed E-state index contributed by atoms with van der Waals surface area (Å²) in [5.74, 6) is 0.655. The number of anilines is 1. The molecule has 0 fully saturated rings.